The largest absolute Gasteiger partial charge is 0.504 e. The van der Waals surface area contributed by atoms with Crippen LogP contribution in [0.5, 0.6) is 17.2 Å². The first kappa shape index (κ1) is 12.8. The van der Waals surface area contributed by atoms with E-state index in [1.165, 1.54) is 0 Å². The lowest BCUT2D eigenvalue weighted by Gasteiger charge is -2.08. The molecule has 0 amide bonds. The quantitative estimate of drug-likeness (QED) is 0.530. The average Bonchev–Trinajstić information content (AvgIpc) is 2.35. The highest BCUT2D eigenvalue weighted by atomic mass is 16.3. The zero-order valence-corrected chi connectivity index (χ0v) is 8.41. The highest BCUT2D eigenvalue weighted by Crippen LogP contribution is 2.55. The normalized spacial score (nSPS) is 8.67. The molecule has 1 aromatic rings. The molecule has 1 rings (SSSR count). The summed E-state index contributed by atoms with van der Waals surface area (Å²) in [5.41, 5.74) is -2.28. The van der Waals surface area contributed by atoms with Crippen LogP contribution in [0.1, 0.15) is 0 Å². The Balaban J connectivity index is 3.91. The van der Waals surface area contributed by atoms with Gasteiger partial charge in [0, 0.05) is 0 Å². The van der Waals surface area contributed by atoms with E-state index in [1.807, 2.05) is 0 Å². The fraction of sp³-hybridized carbons (Fsp3) is 0. The molecule has 0 saturated carbocycles. The van der Waals surface area contributed by atoms with Crippen LogP contribution in [-0.2, 0) is 14.4 Å². The molecule has 0 bridgehead atoms. The molecule has 0 atom stereocenters. The third kappa shape index (κ3) is 1.99. The fourth-order valence-electron chi connectivity index (χ4n) is 1.13. The maximum atomic E-state index is 10.1. The van der Waals surface area contributed by atoms with Crippen LogP contribution < -0.4 is 0 Å². The van der Waals surface area contributed by atoms with Crippen LogP contribution in [0.2, 0.25) is 0 Å². The summed E-state index contributed by atoms with van der Waals surface area (Å²) in [5, 5.41) is 28.5. The molecule has 0 aromatic heterocycles. The lowest BCUT2D eigenvalue weighted by Crippen LogP contribution is -1.78. The molecule has 3 N–H and O–H groups in total. The molecule has 90 valence electrons. The van der Waals surface area contributed by atoms with E-state index in [2.05, 4.69) is 15.0 Å². The number of phenols is 3. The molecule has 1 aromatic carbocycles. The van der Waals surface area contributed by atoms with Crippen molar-refractivity contribution in [3.8, 4) is 17.2 Å². The summed E-state index contributed by atoms with van der Waals surface area (Å²) >= 11 is 0. The van der Waals surface area contributed by atoms with Crippen molar-refractivity contribution < 1.29 is 29.7 Å². The van der Waals surface area contributed by atoms with E-state index < -0.39 is 34.3 Å². The van der Waals surface area contributed by atoms with Crippen LogP contribution in [0, 0.1) is 0 Å². The van der Waals surface area contributed by atoms with Crippen LogP contribution in [0.3, 0.4) is 0 Å². The number of hydrogen-bond acceptors (Lipinski definition) is 9. The van der Waals surface area contributed by atoms with Gasteiger partial charge in [-0.2, -0.15) is 15.0 Å². The Morgan fingerprint density at radius 2 is 0.833 bits per heavy atom. The maximum absolute atomic E-state index is 10.1. The summed E-state index contributed by atoms with van der Waals surface area (Å²) in [5.74, 6) is -2.91. The predicted molar refractivity (Wildman–Crippen MR) is 54.8 cm³/mol. The number of nitrogens with zero attached hydrogens (tertiary/aromatic N) is 3. The Labute approximate surface area is 98.1 Å². The van der Waals surface area contributed by atoms with Gasteiger partial charge in [-0.15, -0.1) is 0 Å². The molecular weight excluding hydrogens is 246 g/mol. The van der Waals surface area contributed by atoms with E-state index in [4.69, 9.17) is 0 Å². The molecule has 0 spiro atoms. The van der Waals surface area contributed by atoms with Crippen molar-refractivity contribution in [1.82, 2.24) is 0 Å². The second-order valence-electron chi connectivity index (χ2n) is 2.70. The summed E-state index contributed by atoms with van der Waals surface area (Å²) in [6.07, 6.45) is 3.05. The van der Waals surface area contributed by atoms with Crippen LogP contribution in [0.4, 0.5) is 17.1 Å². The van der Waals surface area contributed by atoms with Crippen LogP contribution >= 0.6 is 0 Å². The minimum absolute atomic E-state index is 0.759. The van der Waals surface area contributed by atoms with Crippen molar-refractivity contribution >= 4 is 35.3 Å². The monoisotopic (exact) mass is 249 g/mol. The lowest BCUT2D eigenvalue weighted by molar-refractivity contribution is 0.433. The number of carbonyl (C=O) groups excluding carboxylic acids is 3. The number of aromatic hydroxyl groups is 3. The molecule has 0 aliphatic heterocycles. The lowest BCUT2D eigenvalue weighted by atomic mass is 10.2. The minimum Gasteiger partial charge on any atom is -0.504 e. The number of aliphatic imine (C=N–C) groups is 3. The fourth-order valence-corrected chi connectivity index (χ4v) is 1.13. The summed E-state index contributed by atoms with van der Waals surface area (Å²) < 4.78 is 0. The molecule has 0 unspecified atom stereocenters. The van der Waals surface area contributed by atoms with Crippen molar-refractivity contribution in [2.45, 2.75) is 0 Å². The molecule has 9 nitrogen and oxygen atoms in total. The smallest absolute Gasteiger partial charge is 0.240 e. The predicted octanol–water partition coefficient (Wildman–Crippen LogP) is 0.705. The van der Waals surface area contributed by atoms with Crippen molar-refractivity contribution in [2.75, 3.05) is 0 Å². The van der Waals surface area contributed by atoms with Gasteiger partial charge < -0.3 is 15.3 Å². The molecule has 9 heteroatoms. The SMILES string of the molecule is O=C=Nc1c(O)c(N=C=O)c(O)c(N=C=O)c1O. The third-order valence-corrected chi connectivity index (χ3v) is 1.82. The van der Waals surface area contributed by atoms with Crippen LogP contribution in [0.15, 0.2) is 15.0 Å². The first-order valence-corrected chi connectivity index (χ1v) is 4.12. The molecule has 18 heavy (non-hydrogen) atoms. The van der Waals surface area contributed by atoms with Crippen molar-refractivity contribution in [3.63, 3.8) is 0 Å². The molecule has 0 fully saturated rings. The Hall–Kier alpha value is -3.24. The summed E-state index contributed by atoms with van der Waals surface area (Å²) in [6.45, 7) is 0. The van der Waals surface area contributed by atoms with Gasteiger partial charge in [-0.1, -0.05) is 0 Å². The highest BCUT2D eigenvalue weighted by Gasteiger charge is 2.23. The summed E-state index contributed by atoms with van der Waals surface area (Å²) in [7, 11) is 0. The summed E-state index contributed by atoms with van der Waals surface area (Å²) in [6, 6.07) is 0. The second kappa shape index (κ2) is 5.20. The number of rotatable bonds is 3. The van der Waals surface area contributed by atoms with Gasteiger partial charge in [0.2, 0.25) is 18.2 Å². The van der Waals surface area contributed by atoms with Gasteiger partial charge in [0.25, 0.3) is 0 Å². The van der Waals surface area contributed by atoms with E-state index >= 15 is 0 Å². The van der Waals surface area contributed by atoms with E-state index in [-0.39, 0.29) is 0 Å². The zero-order chi connectivity index (χ0) is 13.7. The average molecular weight is 249 g/mol. The topological polar surface area (TPSA) is 149 Å². The van der Waals surface area contributed by atoms with Gasteiger partial charge in [0.05, 0.1) is 0 Å². The molecule has 0 aliphatic carbocycles. The standard InChI is InChI=1S/C9H3N3O6/c13-1-10-4-7(16)5(11-2-14)9(18)6(8(4)17)12-3-15/h16-18H. The Morgan fingerprint density at radius 1 is 0.611 bits per heavy atom. The highest BCUT2D eigenvalue weighted by molar-refractivity contribution is 5.89. The maximum Gasteiger partial charge on any atom is 0.240 e. The molecule has 0 aliphatic rings. The van der Waals surface area contributed by atoms with Crippen molar-refractivity contribution in [3.05, 3.63) is 0 Å². The van der Waals surface area contributed by atoms with Gasteiger partial charge >= 0.3 is 0 Å². The van der Waals surface area contributed by atoms with E-state index in [0.717, 1.165) is 18.2 Å². The van der Waals surface area contributed by atoms with Crippen LogP contribution in [0.25, 0.3) is 0 Å². The second-order valence-corrected chi connectivity index (χ2v) is 2.70. The Morgan fingerprint density at radius 3 is 1.00 bits per heavy atom. The van der Waals surface area contributed by atoms with Crippen molar-refractivity contribution in [1.29, 1.82) is 0 Å². The van der Waals surface area contributed by atoms with Crippen LogP contribution in [-0.4, -0.2) is 33.6 Å². The van der Waals surface area contributed by atoms with Gasteiger partial charge in [-0.3, -0.25) is 0 Å². The van der Waals surface area contributed by atoms with Crippen molar-refractivity contribution in [2.24, 2.45) is 15.0 Å². The van der Waals surface area contributed by atoms with Gasteiger partial charge in [-0.25, -0.2) is 14.4 Å². The number of isocyanates is 3. The Kier molecular flexibility index (Phi) is 3.70. The number of hydrogen-bond donors (Lipinski definition) is 3. The van der Waals surface area contributed by atoms with Gasteiger partial charge in [0.15, 0.2) is 34.3 Å². The number of phenolic OH excluding ortho intramolecular Hbond substituents is 3. The number of benzene rings is 1. The van der Waals surface area contributed by atoms with E-state index in [0.29, 0.717) is 0 Å². The molecule has 0 saturated heterocycles. The van der Waals surface area contributed by atoms with E-state index in [9.17, 15) is 29.7 Å². The first-order valence-electron chi connectivity index (χ1n) is 4.12. The minimum atomic E-state index is -0.971. The Bertz CT molecular complexity index is 537. The first-order chi connectivity index (χ1) is 8.58. The summed E-state index contributed by atoms with van der Waals surface area (Å²) in [4.78, 5) is 39.1. The third-order valence-electron chi connectivity index (χ3n) is 1.82. The van der Waals surface area contributed by atoms with E-state index in [1.54, 1.807) is 0 Å². The van der Waals surface area contributed by atoms with Gasteiger partial charge in [-0.05, 0) is 0 Å². The molecule has 0 radical (unpaired) electrons. The molecular formula is C9H3N3O6. The van der Waals surface area contributed by atoms with Gasteiger partial charge in [0.1, 0.15) is 0 Å². The zero-order valence-electron chi connectivity index (χ0n) is 8.41. The molecule has 0 heterocycles.